The molecule has 0 spiro atoms. The van der Waals surface area contributed by atoms with Crippen LogP contribution >= 0.6 is 11.6 Å². The topological polar surface area (TPSA) is 62.2 Å². The van der Waals surface area contributed by atoms with Crippen molar-refractivity contribution >= 4 is 29.1 Å². The summed E-state index contributed by atoms with van der Waals surface area (Å²) >= 11 is 5.76. The van der Waals surface area contributed by atoms with Crippen LogP contribution in [0.4, 0.5) is 11.5 Å². The van der Waals surface area contributed by atoms with E-state index in [0.717, 1.165) is 12.1 Å². The Balaban J connectivity index is 2.22. The first-order chi connectivity index (χ1) is 9.10. The van der Waals surface area contributed by atoms with Gasteiger partial charge in [0.05, 0.1) is 5.02 Å². The average molecular weight is 277 g/mol. The van der Waals surface area contributed by atoms with Gasteiger partial charge in [0, 0.05) is 5.69 Å². The highest BCUT2D eigenvalue weighted by Gasteiger charge is 2.11. The fourth-order valence-electron chi connectivity index (χ4n) is 1.63. The second-order valence-electron chi connectivity index (χ2n) is 4.01. The number of aryl methyl sites for hydroxylation is 1. The molecule has 98 valence electrons. The fourth-order valence-corrected chi connectivity index (χ4v) is 1.82. The number of aromatic nitrogens is 1. The third-order valence-electron chi connectivity index (χ3n) is 2.68. The van der Waals surface area contributed by atoms with Crippen LogP contribution in [0.5, 0.6) is 0 Å². The number of carbonyl (C=O) groups is 1. The largest absolute Gasteiger partial charge is 0.476 e. The molecule has 19 heavy (non-hydrogen) atoms. The van der Waals surface area contributed by atoms with E-state index in [4.69, 9.17) is 16.7 Å². The highest BCUT2D eigenvalue weighted by atomic mass is 35.5. The molecule has 2 N–H and O–H groups in total. The van der Waals surface area contributed by atoms with E-state index in [1.807, 2.05) is 24.3 Å². The Morgan fingerprint density at radius 3 is 2.53 bits per heavy atom. The number of rotatable bonds is 4. The lowest BCUT2D eigenvalue weighted by atomic mass is 10.1. The molecule has 4 nitrogen and oxygen atoms in total. The summed E-state index contributed by atoms with van der Waals surface area (Å²) in [4.78, 5) is 14.9. The molecule has 0 radical (unpaired) electrons. The number of carboxylic acid groups (broad SMARTS) is 1. The van der Waals surface area contributed by atoms with Crippen molar-refractivity contribution in [1.29, 1.82) is 0 Å². The lowest BCUT2D eigenvalue weighted by molar-refractivity contribution is 0.0691. The van der Waals surface area contributed by atoms with Gasteiger partial charge in [0.2, 0.25) is 0 Å². The molecule has 0 amide bonds. The number of hydrogen-bond donors (Lipinski definition) is 2. The van der Waals surface area contributed by atoms with E-state index >= 15 is 0 Å². The highest BCUT2D eigenvalue weighted by Crippen LogP contribution is 2.20. The smallest absolute Gasteiger partial charge is 0.356 e. The van der Waals surface area contributed by atoms with Gasteiger partial charge in [-0.05, 0) is 36.2 Å². The first-order valence-corrected chi connectivity index (χ1v) is 6.23. The summed E-state index contributed by atoms with van der Waals surface area (Å²) in [6, 6.07) is 11.0. The number of nitrogens with one attached hydrogen (secondary N) is 1. The fraction of sp³-hybridized carbons (Fsp3) is 0.143. The minimum Gasteiger partial charge on any atom is -0.476 e. The maximum absolute atomic E-state index is 10.9. The van der Waals surface area contributed by atoms with Crippen LogP contribution in [0.15, 0.2) is 36.4 Å². The Morgan fingerprint density at radius 2 is 1.95 bits per heavy atom. The van der Waals surface area contributed by atoms with E-state index < -0.39 is 5.97 Å². The summed E-state index contributed by atoms with van der Waals surface area (Å²) in [6.45, 7) is 2.09. The number of aromatic carboxylic acids is 1. The summed E-state index contributed by atoms with van der Waals surface area (Å²) < 4.78 is 0. The molecule has 1 aromatic carbocycles. The molecule has 2 aromatic rings. The number of halogens is 1. The van der Waals surface area contributed by atoms with E-state index in [-0.39, 0.29) is 10.7 Å². The van der Waals surface area contributed by atoms with Crippen molar-refractivity contribution in [3.05, 3.63) is 52.7 Å². The molecule has 0 atom stereocenters. The molecule has 0 saturated heterocycles. The molecule has 1 heterocycles. The predicted molar refractivity (Wildman–Crippen MR) is 75.3 cm³/mol. The number of hydrogen-bond acceptors (Lipinski definition) is 3. The van der Waals surface area contributed by atoms with Gasteiger partial charge in [-0.3, -0.25) is 0 Å². The summed E-state index contributed by atoms with van der Waals surface area (Å²) in [7, 11) is 0. The van der Waals surface area contributed by atoms with Gasteiger partial charge in [0.1, 0.15) is 5.82 Å². The quantitative estimate of drug-likeness (QED) is 0.893. The zero-order valence-corrected chi connectivity index (χ0v) is 11.1. The summed E-state index contributed by atoms with van der Waals surface area (Å²) in [6.07, 6.45) is 0.975. The number of carboxylic acids is 1. The van der Waals surface area contributed by atoms with Crippen LogP contribution in [-0.2, 0) is 6.42 Å². The number of pyridine rings is 1. The van der Waals surface area contributed by atoms with Gasteiger partial charge in [-0.1, -0.05) is 30.7 Å². The van der Waals surface area contributed by atoms with Crippen LogP contribution < -0.4 is 5.32 Å². The second kappa shape index (κ2) is 5.71. The Bertz CT molecular complexity index is 597. The molecule has 5 heteroatoms. The van der Waals surface area contributed by atoms with Crippen molar-refractivity contribution in [3.8, 4) is 0 Å². The van der Waals surface area contributed by atoms with E-state index in [0.29, 0.717) is 5.82 Å². The zero-order chi connectivity index (χ0) is 13.8. The Kier molecular flexibility index (Phi) is 4.02. The van der Waals surface area contributed by atoms with E-state index in [9.17, 15) is 4.79 Å². The van der Waals surface area contributed by atoms with E-state index in [1.54, 1.807) is 6.07 Å². The van der Waals surface area contributed by atoms with Crippen molar-refractivity contribution in [2.75, 3.05) is 5.32 Å². The van der Waals surface area contributed by atoms with Crippen LogP contribution in [-0.4, -0.2) is 16.1 Å². The molecule has 0 unspecified atom stereocenters. The minimum absolute atomic E-state index is 0.124. The van der Waals surface area contributed by atoms with Crippen molar-refractivity contribution in [2.24, 2.45) is 0 Å². The Morgan fingerprint density at radius 1 is 1.26 bits per heavy atom. The normalized spacial score (nSPS) is 10.2. The van der Waals surface area contributed by atoms with Gasteiger partial charge < -0.3 is 10.4 Å². The van der Waals surface area contributed by atoms with Gasteiger partial charge in [-0.25, -0.2) is 9.78 Å². The maximum Gasteiger partial charge on any atom is 0.356 e. The monoisotopic (exact) mass is 276 g/mol. The average Bonchev–Trinajstić information content (AvgIpc) is 2.41. The first kappa shape index (κ1) is 13.4. The van der Waals surface area contributed by atoms with Gasteiger partial charge in [-0.2, -0.15) is 0 Å². The standard InChI is InChI=1S/C14H13ClN2O2/c1-2-9-3-5-10(6-4-9)16-12-8-7-11(15)13(17-12)14(18)19/h3-8H,2H2,1H3,(H,16,17)(H,18,19). The summed E-state index contributed by atoms with van der Waals surface area (Å²) in [5.74, 6) is -0.693. The van der Waals surface area contributed by atoms with E-state index in [2.05, 4.69) is 17.2 Å². The van der Waals surface area contributed by atoms with Crippen LogP contribution in [0.25, 0.3) is 0 Å². The molecule has 0 bridgehead atoms. The highest BCUT2D eigenvalue weighted by molar-refractivity contribution is 6.33. The predicted octanol–water partition coefficient (Wildman–Crippen LogP) is 3.74. The number of anilines is 2. The van der Waals surface area contributed by atoms with Crippen molar-refractivity contribution in [2.45, 2.75) is 13.3 Å². The SMILES string of the molecule is CCc1ccc(Nc2ccc(Cl)c(C(=O)O)n2)cc1. The van der Waals surface area contributed by atoms with Gasteiger partial charge in [0.25, 0.3) is 0 Å². The lowest BCUT2D eigenvalue weighted by Gasteiger charge is -2.07. The summed E-state index contributed by atoms with van der Waals surface area (Å²) in [5, 5.41) is 12.1. The van der Waals surface area contributed by atoms with Gasteiger partial charge >= 0.3 is 5.97 Å². The number of nitrogens with zero attached hydrogens (tertiary/aromatic N) is 1. The molecule has 0 aliphatic carbocycles. The summed E-state index contributed by atoms with van der Waals surface area (Å²) in [5.41, 5.74) is 1.93. The Hall–Kier alpha value is -2.07. The van der Waals surface area contributed by atoms with Crippen LogP contribution in [0.2, 0.25) is 5.02 Å². The molecular weight excluding hydrogens is 264 g/mol. The van der Waals surface area contributed by atoms with Crippen LogP contribution in [0.3, 0.4) is 0 Å². The molecule has 0 aliphatic heterocycles. The molecule has 0 saturated carbocycles. The maximum atomic E-state index is 10.9. The van der Waals surface area contributed by atoms with Crippen LogP contribution in [0, 0.1) is 0 Å². The van der Waals surface area contributed by atoms with Gasteiger partial charge in [-0.15, -0.1) is 0 Å². The zero-order valence-electron chi connectivity index (χ0n) is 10.4. The third kappa shape index (κ3) is 3.23. The number of benzene rings is 1. The van der Waals surface area contributed by atoms with Gasteiger partial charge in [0.15, 0.2) is 5.69 Å². The third-order valence-corrected chi connectivity index (χ3v) is 2.99. The molecular formula is C14H13ClN2O2. The lowest BCUT2D eigenvalue weighted by Crippen LogP contribution is -2.04. The van der Waals surface area contributed by atoms with E-state index in [1.165, 1.54) is 11.6 Å². The first-order valence-electron chi connectivity index (χ1n) is 5.86. The molecule has 0 aliphatic rings. The van der Waals surface area contributed by atoms with Crippen molar-refractivity contribution < 1.29 is 9.90 Å². The molecule has 0 fully saturated rings. The van der Waals surface area contributed by atoms with Crippen molar-refractivity contribution in [1.82, 2.24) is 4.98 Å². The van der Waals surface area contributed by atoms with Crippen LogP contribution in [0.1, 0.15) is 23.0 Å². The Labute approximate surface area is 116 Å². The second-order valence-corrected chi connectivity index (χ2v) is 4.41. The minimum atomic E-state index is -1.14. The molecule has 1 aromatic heterocycles. The molecule has 2 rings (SSSR count). The van der Waals surface area contributed by atoms with Crippen molar-refractivity contribution in [3.63, 3.8) is 0 Å².